The van der Waals surface area contributed by atoms with E-state index in [1.54, 1.807) is 18.3 Å². The highest BCUT2D eigenvalue weighted by Gasteiger charge is 2.16. The molecule has 0 bridgehead atoms. The van der Waals surface area contributed by atoms with Crippen LogP contribution >= 0.6 is 11.6 Å². The Balaban J connectivity index is 2.29. The summed E-state index contributed by atoms with van der Waals surface area (Å²) in [5.74, 6) is -0.277. The van der Waals surface area contributed by atoms with Crippen LogP contribution in [-0.4, -0.2) is 12.0 Å². The second-order valence-electron chi connectivity index (χ2n) is 4.50. The van der Waals surface area contributed by atoms with Gasteiger partial charge in [0.1, 0.15) is 5.82 Å². The second-order valence-corrected chi connectivity index (χ2v) is 4.91. The molecule has 0 aliphatic heterocycles. The van der Waals surface area contributed by atoms with E-state index in [9.17, 15) is 4.39 Å². The molecule has 4 heteroatoms. The van der Waals surface area contributed by atoms with E-state index in [4.69, 9.17) is 11.6 Å². The standard InChI is InChI=1S/C15H16ClFN2/c1-10-6-7-19-15(8-10)14(18-2)9-11-12(16)4-3-5-13(11)17/h3-8,14,18H,9H2,1-2H3. The fraction of sp³-hybridized carbons (Fsp3) is 0.267. The molecule has 2 nitrogen and oxygen atoms in total. The van der Waals surface area contributed by atoms with Gasteiger partial charge < -0.3 is 5.32 Å². The van der Waals surface area contributed by atoms with Gasteiger partial charge in [0.2, 0.25) is 0 Å². The highest BCUT2D eigenvalue weighted by molar-refractivity contribution is 6.31. The van der Waals surface area contributed by atoms with Gasteiger partial charge in [-0.1, -0.05) is 17.7 Å². The molecule has 2 rings (SSSR count). The predicted molar refractivity (Wildman–Crippen MR) is 75.9 cm³/mol. The van der Waals surface area contributed by atoms with Crippen molar-refractivity contribution < 1.29 is 4.39 Å². The van der Waals surface area contributed by atoms with Crippen molar-refractivity contribution in [2.24, 2.45) is 0 Å². The maximum atomic E-state index is 13.8. The molecule has 19 heavy (non-hydrogen) atoms. The summed E-state index contributed by atoms with van der Waals surface area (Å²) in [7, 11) is 1.84. The summed E-state index contributed by atoms with van der Waals surface area (Å²) in [6, 6.07) is 8.62. The first-order valence-electron chi connectivity index (χ1n) is 6.14. The van der Waals surface area contributed by atoms with E-state index in [1.807, 2.05) is 26.1 Å². The van der Waals surface area contributed by atoms with Gasteiger partial charge in [0.05, 0.1) is 11.7 Å². The van der Waals surface area contributed by atoms with Crippen molar-refractivity contribution in [2.45, 2.75) is 19.4 Å². The van der Waals surface area contributed by atoms with Crippen LogP contribution in [0.15, 0.2) is 36.5 Å². The minimum atomic E-state index is -0.277. The van der Waals surface area contributed by atoms with E-state index >= 15 is 0 Å². The molecule has 0 spiro atoms. The van der Waals surface area contributed by atoms with Gasteiger partial charge in [0.15, 0.2) is 0 Å². The van der Waals surface area contributed by atoms with Crippen molar-refractivity contribution in [2.75, 3.05) is 7.05 Å². The average molecular weight is 279 g/mol. The van der Waals surface area contributed by atoms with E-state index in [0.29, 0.717) is 17.0 Å². The Bertz CT molecular complexity index is 552. The van der Waals surface area contributed by atoms with Crippen LogP contribution in [0.1, 0.15) is 22.9 Å². The molecule has 0 amide bonds. The molecule has 1 atom stereocenters. The van der Waals surface area contributed by atoms with Gasteiger partial charge in [-0.3, -0.25) is 4.98 Å². The van der Waals surface area contributed by atoms with Crippen LogP contribution in [0.25, 0.3) is 0 Å². The first-order chi connectivity index (χ1) is 9.11. The largest absolute Gasteiger partial charge is 0.311 e. The van der Waals surface area contributed by atoms with Gasteiger partial charge in [0.25, 0.3) is 0 Å². The Hall–Kier alpha value is -1.45. The number of halogens is 2. The molecular formula is C15H16ClFN2. The van der Waals surface area contributed by atoms with Crippen molar-refractivity contribution in [1.82, 2.24) is 10.3 Å². The van der Waals surface area contributed by atoms with Crippen molar-refractivity contribution in [3.05, 3.63) is 64.2 Å². The number of aromatic nitrogens is 1. The summed E-state index contributed by atoms with van der Waals surface area (Å²) in [4.78, 5) is 4.34. The lowest BCUT2D eigenvalue weighted by Gasteiger charge is -2.17. The van der Waals surface area contributed by atoms with E-state index in [2.05, 4.69) is 10.3 Å². The van der Waals surface area contributed by atoms with Crippen LogP contribution in [0.2, 0.25) is 5.02 Å². The number of likely N-dealkylation sites (N-methyl/N-ethyl adjacent to an activating group) is 1. The van der Waals surface area contributed by atoms with Gasteiger partial charge >= 0.3 is 0 Å². The molecule has 1 aromatic heterocycles. The topological polar surface area (TPSA) is 24.9 Å². The molecule has 1 N–H and O–H groups in total. The summed E-state index contributed by atoms with van der Waals surface area (Å²) >= 11 is 6.06. The molecule has 2 aromatic rings. The van der Waals surface area contributed by atoms with E-state index in [-0.39, 0.29) is 11.9 Å². The highest BCUT2D eigenvalue weighted by atomic mass is 35.5. The number of aryl methyl sites for hydroxylation is 1. The average Bonchev–Trinajstić information content (AvgIpc) is 2.38. The molecule has 1 aromatic carbocycles. The lowest BCUT2D eigenvalue weighted by Crippen LogP contribution is -2.20. The maximum absolute atomic E-state index is 13.8. The summed E-state index contributed by atoms with van der Waals surface area (Å²) in [6.07, 6.45) is 2.23. The molecule has 1 heterocycles. The minimum absolute atomic E-state index is 0.0608. The number of hydrogen-bond donors (Lipinski definition) is 1. The third-order valence-electron chi connectivity index (χ3n) is 3.11. The van der Waals surface area contributed by atoms with Crippen LogP contribution in [0.5, 0.6) is 0 Å². The zero-order valence-electron chi connectivity index (χ0n) is 11.0. The molecule has 0 fully saturated rings. The van der Waals surface area contributed by atoms with Crippen molar-refractivity contribution in [3.63, 3.8) is 0 Å². The Labute approximate surface area is 117 Å². The van der Waals surface area contributed by atoms with E-state index in [1.165, 1.54) is 6.07 Å². The van der Waals surface area contributed by atoms with Crippen molar-refractivity contribution >= 4 is 11.6 Å². The lowest BCUT2D eigenvalue weighted by atomic mass is 10.0. The zero-order valence-corrected chi connectivity index (χ0v) is 11.7. The normalized spacial score (nSPS) is 12.4. The van der Waals surface area contributed by atoms with Crippen LogP contribution in [0, 0.1) is 12.7 Å². The molecule has 0 radical (unpaired) electrons. The summed E-state index contributed by atoms with van der Waals surface area (Å²) in [6.45, 7) is 2.01. The van der Waals surface area contributed by atoms with Gasteiger partial charge in [-0.05, 0) is 50.2 Å². The van der Waals surface area contributed by atoms with E-state index in [0.717, 1.165) is 11.3 Å². The first-order valence-corrected chi connectivity index (χ1v) is 6.52. The Morgan fingerprint density at radius 2 is 2.16 bits per heavy atom. The molecule has 0 saturated carbocycles. The predicted octanol–water partition coefficient (Wildman–Crippen LogP) is 3.69. The molecule has 0 saturated heterocycles. The molecule has 100 valence electrons. The van der Waals surface area contributed by atoms with E-state index < -0.39 is 0 Å². The minimum Gasteiger partial charge on any atom is -0.311 e. The monoisotopic (exact) mass is 278 g/mol. The summed E-state index contributed by atoms with van der Waals surface area (Å²) in [5.41, 5.74) is 2.54. The van der Waals surface area contributed by atoms with Gasteiger partial charge in [-0.2, -0.15) is 0 Å². The molecule has 0 aliphatic rings. The number of nitrogens with one attached hydrogen (secondary N) is 1. The first kappa shape index (κ1) is 14.0. The van der Waals surface area contributed by atoms with Crippen molar-refractivity contribution in [3.8, 4) is 0 Å². The number of nitrogens with zero attached hydrogens (tertiary/aromatic N) is 1. The van der Waals surface area contributed by atoms with Gasteiger partial charge in [-0.25, -0.2) is 4.39 Å². The summed E-state index contributed by atoms with van der Waals surface area (Å²) in [5, 5.41) is 3.61. The lowest BCUT2D eigenvalue weighted by molar-refractivity contribution is 0.545. The van der Waals surface area contributed by atoms with Gasteiger partial charge in [0, 0.05) is 16.8 Å². The highest BCUT2D eigenvalue weighted by Crippen LogP contribution is 2.25. The van der Waals surface area contributed by atoms with Crippen LogP contribution in [0.4, 0.5) is 4.39 Å². The maximum Gasteiger partial charge on any atom is 0.127 e. The zero-order chi connectivity index (χ0) is 13.8. The fourth-order valence-electron chi connectivity index (χ4n) is 2.04. The van der Waals surface area contributed by atoms with Crippen LogP contribution in [0.3, 0.4) is 0 Å². The number of benzene rings is 1. The van der Waals surface area contributed by atoms with Crippen LogP contribution < -0.4 is 5.32 Å². The Morgan fingerprint density at radius 3 is 2.79 bits per heavy atom. The Kier molecular flexibility index (Phi) is 4.51. The Morgan fingerprint density at radius 1 is 1.37 bits per heavy atom. The summed E-state index contributed by atoms with van der Waals surface area (Å²) < 4.78 is 13.8. The fourth-order valence-corrected chi connectivity index (χ4v) is 2.28. The number of rotatable bonds is 4. The second kappa shape index (κ2) is 6.13. The molecule has 0 aliphatic carbocycles. The van der Waals surface area contributed by atoms with Crippen LogP contribution in [-0.2, 0) is 6.42 Å². The molecule has 1 unspecified atom stereocenters. The third-order valence-corrected chi connectivity index (χ3v) is 3.47. The smallest absolute Gasteiger partial charge is 0.127 e. The SMILES string of the molecule is CNC(Cc1c(F)cccc1Cl)c1cc(C)ccn1. The van der Waals surface area contributed by atoms with Gasteiger partial charge in [-0.15, -0.1) is 0 Å². The van der Waals surface area contributed by atoms with Crippen molar-refractivity contribution in [1.29, 1.82) is 0 Å². The number of pyridine rings is 1. The quantitative estimate of drug-likeness (QED) is 0.923. The third kappa shape index (κ3) is 3.31. The number of hydrogen-bond acceptors (Lipinski definition) is 2. The molecular weight excluding hydrogens is 263 g/mol.